The summed E-state index contributed by atoms with van der Waals surface area (Å²) < 4.78 is 5.48. The molecule has 1 atom stereocenters. The van der Waals surface area contributed by atoms with Crippen LogP contribution >= 0.6 is 11.3 Å². The highest BCUT2D eigenvalue weighted by Crippen LogP contribution is 2.19. The van der Waals surface area contributed by atoms with Crippen LogP contribution in [0.2, 0.25) is 0 Å². The predicted octanol–water partition coefficient (Wildman–Crippen LogP) is 1.70. The second-order valence-electron chi connectivity index (χ2n) is 4.26. The van der Waals surface area contributed by atoms with E-state index in [1.807, 2.05) is 6.92 Å². The molecule has 0 aromatic carbocycles. The third-order valence-electron chi connectivity index (χ3n) is 2.77. The van der Waals surface area contributed by atoms with Crippen LogP contribution in [0.25, 0.3) is 0 Å². The highest BCUT2D eigenvalue weighted by molar-refractivity contribution is 7.15. The van der Waals surface area contributed by atoms with Crippen molar-refractivity contribution in [3.8, 4) is 0 Å². The summed E-state index contributed by atoms with van der Waals surface area (Å²) in [6.07, 6.45) is 0.836. The van der Waals surface area contributed by atoms with Gasteiger partial charge in [-0.15, -0.1) is 11.3 Å². The van der Waals surface area contributed by atoms with E-state index in [2.05, 4.69) is 0 Å². The maximum atomic E-state index is 12.2. The lowest BCUT2D eigenvalue weighted by molar-refractivity contribution is 0.0565. The van der Waals surface area contributed by atoms with Gasteiger partial charge in [-0.25, -0.2) is 4.79 Å². The number of carbonyl (C=O) groups is 2. The van der Waals surface area contributed by atoms with Crippen molar-refractivity contribution < 1.29 is 19.4 Å². The third-order valence-corrected chi connectivity index (χ3v) is 3.83. The highest BCUT2D eigenvalue weighted by atomic mass is 32.1. The average Bonchev–Trinajstić information content (AvgIpc) is 2.72. The molecule has 2 rings (SSSR count). The Balaban J connectivity index is 2.11. The lowest BCUT2D eigenvalue weighted by atomic mass is 10.3. The SMILES string of the molecule is CC1CN(C(=O)c2ccc(C(=O)O)s2)CCCO1. The molecule has 0 radical (unpaired) electrons. The molecular formula is C12H15NO4S. The smallest absolute Gasteiger partial charge is 0.345 e. The van der Waals surface area contributed by atoms with Gasteiger partial charge in [0, 0.05) is 19.7 Å². The van der Waals surface area contributed by atoms with Gasteiger partial charge in [0.2, 0.25) is 0 Å². The number of hydrogen-bond donors (Lipinski definition) is 1. The number of carboxylic acid groups (broad SMARTS) is 1. The van der Waals surface area contributed by atoms with E-state index in [1.54, 1.807) is 11.0 Å². The van der Waals surface area contributed by atoms with Gasteiger partial charge in [-0.05, 0) is 25.5 Å². The molecule has 2 heterocycles. The molecule has 98 valence electrons. The molecule has 1 unspecified atom stereocenters. The molecule has 0 aliphatic carbocycles. The second-order valence-corrected chi connectivity index (χ2v) is 5.34. The number of carbonyl (C=O) groups excluding carboxylic acids is 1. The summed E-state index contributed by atoms with van der Waals surface area (Å²) in [4.78, 5) is 25.4. The zero-order valence-electron chi connectivity index (χ0n) is 10.1. The Kier molecular flexibility index (Phi) is 3.98. The van der Waals surface area contributed by atoms with Crippen molar-refractivity contribution in [2.45, 2.75) is 19.4 Å². The van der Waals surface area contributed by atoms with E-state index >= 15 is 0 Å². The van der Waals surface area contributed by atoms with Gasteiger partial charge in [0.25, 0.3) is 5.91 Å². The van der Waals surface area contributed by atoms with Crippen LogP contribution in [0.5, 0.6) is 0 Å². The van der Waals surface area contributed by atoms with Crippen molar-refractivity contribution >= 4 is 23.2 Å². The van der Waals surface area contributed by atoms with Crippen molar-refractivity contribution in [2.75, 3.05) is 19.7 Å². The first-order valence-corrected chi connectivity index (χ1v) is 6.63. The minimum atomic E-state index is -0.994. The molecule has 0 saturated carbocycles. The van der Waals surface area contributed by atoms with Crippen LogP contribution < -0.4 is 0 Å². The normalized spacial score (nSPS) is 20.5. The van der Waals surface area contributed by atoms with E-state index in [1.165, 1.54) is 6.07 Å². The van der Waals surface area contributed by atoms with Crippen molar-refractivity contribution in [1.29, 1.82) is 0 Å². The zero-order valence-corrected chi connectivity index (χ0v) is 10.9. The van der Waals surface area contributed by atoms with Gasteiger partial charge in [0.05, 0.1) is 11.0 Å². The fraction of sp³-hybridized carbons (Fsp3) is 0.500. The average molecular weight is 269 g/mol. The largest absolute Gasteiger partial charge is 0.477 e. The summed E-state index contributed by atoms with van der Waals surface area (Å²) >= 11 is 1.02. The zero-order chi connectivity index (χ0) is 13.1. The highest BCUT2D eigenvalue weighted by Gasteiger charge is 2.22. The third kappa shape index (κ3) is 2.88. The van der Waals surface area contributed by atoms with Crippen LogP contribution in [0.4, 0.5) is 0 Å². The Morgan fingerprint density at radius 3 is 2.83 bits per heavy atom. The molecule has 1 aromatic rings. The van der Waals surface area contributed by atoms with Crippen molar-refractivity contribution in [3.05, 3.63) is 21.9 Å². The first-order chi connectivity index (χ1) is 8.58. The summed E-state index contributed by atoms with van der Waals surface area (Å²) in [7, 11) is 0. The molecular weight excluding hydrogens is 254 g/mol. The van der Waals surface area contributed by atoms with Crippen LogP contribution in [0.15, 0.2) is 12.1 Å². The Hall–Kier alpha value is -1.40. The predicted molar refractivity (Wildman–Crippen MR) is 67.2 cm³/mol. The van der Waals surface area contributed by atoms with Gasteiger partial charge in [-0.3, -0.25) is 4.79 Å². The molecule has 1 aliphatic heterocycles. The first-order valence-electron chi connectivity index (χ1n) is 5.82. The van der Waals surface area contributed by atoms with E-state index in [4.69, 9.17) is 9.84 Å². The fourth-order valence-corrected chi connectivity index (χ4v) is 2.72. The molecule has 1 aliphatic rings. The molecule has 5 nitrogen and oxygen atoms in total. The van der Waals surface area contributed by atoms with E-state index in [0.29, 0.717) is 24.6 Å². The van der Waals surface area contributed by atoms with Crippen LogP contribution in [0, 0.1) is 0 Å². The maximum absolute atomic E-state index is 12.2. The summed E-state index contributed by atoms with van der Waals surface area (Å²) in [5.74, 6) is -1.10. The molecule has 1 N–H and O–H groups in total. The molecule has 6 heteroatoms. The lowest BCUT2D eigenvalue weighted by Gasteiger charge is -2.21. The van der Waals surface area contributed by atoms with E-state index in [9.17, 15) is 9.59 Å². The second kappa shape index (κ2) is 5.49. The van der Waals surface area contributed by atoms with E-state index in [-0.39, 0.29) is 16.9 Å². The lowest BCUT2D eigenvalue weighted by Crippen LogP contribution is -2.35. The quantitative estimate of drug-likeness (QED) is 0.887. The van der Waals surface area contributed by atoms with Gasteiger partial charge in [-0.2, -0.15) is 0 Å². The van der Waals surface area contributed by atoms with Gasteiger partial charge < -0.3 is 14.7 Å². The number of rotatable bonds is 2. The van der Waals surface area contributed by atoms with Crippen molar-refractivity contribution in [1.82, 2.24) is 4.90 Å². The number of carboxylic acids is 1. The molecule has 18 heavy (non-hydrogen) atoms. The maximum Gasteiger partial charge on any atom is 0.345 e. The molecule has 1 aromatic heterocycles. The molecule has 0 spiro atoms. The first kappa shape index (κ1) is 13.0. The monoisotopic (exact) mass is 269 g/mol. The number of aromatic carboxylic acids is 1. The Labute approximate surface area is 109 Å². The molecule has 1 amide bonds. The van der Waals surface area contributed by atoms with Gasteiger partial charge >= 0.3 is 5.97 Å². The Morgan fingerprint density at radius 1 is 1.44 bits per heavy atom. The Morgan fingerprint density at radius 2 is 2.17 bits per heavy atom. The van der Waals surface area contributed by atoms with Crippen molar-refractivity contribution in [3.63, 3.8) is 0 Å². The standard InChI is InChI=1S/C12H15NO4S/c1-8-7-13(5-2-6-17-8)11(14)9-3-4-10(18-9)12(15)16/h3-4,8H,2,5-7H2,1H3,(H,15,16). The minimum Gasteiger partial charge on any atom is -0.477 e. The van der Waals surface area contributed by atoms with Crippen LogP contribution in [-0.2, 0) is 4.74 Å². The van der Waals surface area contributed by atoms with Crippen LogP contribution in [0.3, 0.4) is 0 Å². The van der Waals surface area contributed by atoms with Gasteiger partial charge in [0.15, 0.2) is 0 Å². The van der Waals surface area contributed by atoms with Gasteiger partial charge in [-0.1, -0.05) is 0 Å². The number of thiophene rings is 1. The summed E-state index contributed by atoms with van der Waals surface area (Å²) in [6.45, 7) is 3.81. The van der Waals surface area contributed by atoms with Crippen molar-refractivity contribution in [2.24, 2.45) is 0 Å². The number of hydrogen-bond acceptors (Lipinski definition) is 4. The summed E-state index contributed by atoms with van der Waals surface area (Å²) in [6, 6.07) is 3.05. The Bertz CT molecular complexity index is 457. The van der Waals surface area contributed by atoms with Crippen LogP contribution in [-0.4, -0.2) is 47.7 Å². The fourth-order valence-electron chi connectivity index (χ4n) is 1.90. The van der Waals surface area contributed by atoms with E-state index < -0.39 is 5.97 Å². The number of ether oxygens (including phenoxy) is 1. The molecule has 0 bridgehead atoms. The topological polar surface area (TPSA) is 66.8 Å². The van der Waals surface area contributed by atoms with Crippen LogP contribution in [0.1, 0.15) is 32.7 Å². The van der Waals surface area contributed by atoms with Gasteiger partial charge in [0.1, 0.15) is 4.88 Å². The summed E-state index contributed by atoms with van der Waals surface area (Å²) in [5.41, 5.74) is 0. The minimum absolute atomic E-state index is 0.0235. The number of amides is 1. The van der Waals surface area contributed by atoms with E-state index in [0.717, 1.165) is 17.8 Å². The molecule has 1 saturated heterocycles. The molecule has 1 fully saturated rings. The summed E-state index contributed by atoms with van der Waals surface area (Å²) in [5, 5.41) is 8.84. The number of nitrogens with zero attached hydrogens (tertiary/aromatic N) is 1.